The van der Waals surface area contributed by atoms with E-state index in [-0.39, 0.29) is 5.97 Å². The number of hydrogen-bond donors (Lipinski definition) is 1. The molecule has 1 fully saturated rings. The number of carbonyl (C=O) groups excluding carboxylic acids is 1. The third-order valence-corrected chi connectivity index (χ3v) is 4.90. The van der Waals surface area contributed by atoms with Crippen LogP contribution in [0.15, 0.2) is 42.5 Å². The van der Waals surface area contributed by atoms with Gasteiger partial charge in [-0.1, -0.05) is 38.1 Å². The van der Waals surface area contributed by atoms with Gasteiger partial charge < -0.3 is 19.7 Å². The minimum absolute atomic E-state index is 0.318. The van der Waals surface area contributed by atoms with E-state index in [1.165, 1.54) is 18.2 Å². The summed E-state index contributed by atoms with van der Waals surface area (Å²) in [5.41, 5.74) is 4.93. The number of ether oxygens (including phenoxy) is 2. The van der Waals surface area contributed by atoms with Crippen LogP contribution in [0.2, 0.25) is 0 Å². The number of anilines is 2. The van der Waals surface area contributed by atoms with Gasteiger partial charge in [-0.2, -0.15) is 0 Å². The Kier molecular flexibility index (Phi) is 6.35. The molecule has 1 aliphatic rings. The highest BCUT2D eigenvalue weighted by Crippen LogP contribution is 2.26. The smallest absolute Gasteiger partial charge is 0.340 e. The fraction of sp³-hybridized carbons (Fsp3) is 0.409. The molecule has 0 unspecified atom stereocenters. The number of carbonyl (C=O) groups is 1. The summed E-state index contributed by atoms with van der Waals surface area (Å²) in [5.74, 6) is 0.212. The molecular formula is C22H28N2O3. The highest BCUT2D eigenvalue weighted by Gasteiger charge is 2.19. The molecule has 0 atom stereocenters. The summed E-state index contributed by atoms with van der Waals surface area (Å²) in [6, 6.07) is 14.5. The molecule has 3 rings (SSSR count). The van der Waals surface area contributed by atoms with Crippen LogP contribution in [0.3, 0.4) is 0 Å². The van der Waals surface area contributed by atoms with Crippen molar-refractivity contribution >= 4 is 17.3 Å². The number of rotatable bonds is 6. The third-order valence-electron chi connectivity index (χ3n) is 4.90. The molecule has 5 heteroatoms. The summed E-state index contributed by atoms with van der Waals surface area (Å²) >= 11 is 0. The maximum Gasteiger partial charge on any atom is 0.340 e. The molecule has 0 radical (unpaired) electrons. The highest BCUT2D eigenvalue weighted by molar-refractivity contribution is 5.97. The molecular weight excluding hydrogens is 340 g/mol. The molecule has 5 nitrogen and oxygen atoms in total. The van der Waals surface area contributed by atoms with Crippen molar-refractivity contribution in [3.8, 4) is 0 Å². The molecule has 0 aliphatic carbocycles. The van der Waals surface area contributed by atoms with Gasteiger partial charge in [-0.25, -0.2) is 4.79 Å². The Morgan fingerprint density at radius 2 is 1.85 bits per heavy atom. The molecule has 0 amide bonds. The SMILES string of the molecule is COC(=O)c1cc(NCc2ccc(C(C)C)cc2)ccc1N1CCOCC1. The summed E-state index contributed by atoms with van der Waals surface area (Å²) in [5, 5.41) is 3.41. The maximum absolute atomic E-state index is 12.3. The second kappa shape index (κ2) is 8.91. The Labute approximate surface area is 161 Å². The summed E-state index contributed by atoms with van der Waals surface area (Å²) in [6.45, 7) is 7.99. The Morgan fingerprint density at radius 3 is 2.48 bits per heavy atom. The Balaban J connectivity index is 1.74. The van der Waals surface area contributed by atoms with E-state index in [0.29, 0.717) is 31.2 Å². The first-order chi connectivity index (χ1) is 13.1. The van der Waals surface area contributed by atoms with Crippen LogP contribution in [0.25, 0.3) is 0 Å². The van der Waals surface area contributed by atoms with Gasteiger partial charge in [0.2, 0.25) is 0 Å². The summed E-state index contributed by atoms with van der Waals surface area (Å²) in [6.07, 6.45) is 0. The van der Waals surface area contributed by atoms with E-state index in [1.807, 2.05) is 18.2 Å². The zero-order valence-electron chi connectivity index (χ0n) is 16.3. The monoisotopic (exact) mass is 368 g/mol. The lowest BCUT2D eigenvalue weighted by molar-refractivity contribution is 0.0600. The van der Waals surface area contributed by atoms with E-state index in [1.54, 1.807) is 0 Å². The molecule has 1 saturated heterocycles. The van der Waals surface area contributed by atoms with Crippen LogP contribution >= 0.6 is 0 Å². The number of nitrogens with one attached hydrogen (secondary N) is 1. The average molecular weight is 368 g/mol. The predicted molar refractivity (Wildman–Crippen MR) is 109 cm³/mol. The lowest BCUT2D eigenvalue weighted by Crippen LogP contribution is -2.37. The maximum atomic E-state index is 12.3. The van der Waals surface area contributed by atoms with E-state index in [4.69, 9.17) is 9.47 Å². The van der Waals surface area contributed by atoms with Gasteiger partial charge in [0.05, 0.1) is 31.6 Å². The molecule has 27 heavy (non-hydrogen) atoms. The lowest BCUT2D eigenvalue weighted by Gasteiger charge is -2.30. The van der Waals surface area contributed by atoms with Gasteiger partial charge in [0.15, 0.2) is 0 Å². The Hall–Kier alpha value is -2.53. The number of hydrogen-bond acceptors (Lipinski definition) is 5. The summed E-state index contributed by atoms with van der Waals surface area (Å²) < 4.78 is 10.4. The van der Waals surface area contributed by atoms with Gasteiger partial charge in [-0.05, 0) is 35.2 Å². The van der Waals surface area contributed by atoms with Crippen LogP contribution in [0.5, 0.6) is 0 Å². The highest BCUT2D eigenvalue weighted by atomic mass is 16.5. The number of esters is 1. The van der Waals surface area contributed by atoms with Crippen molar-refractivity contribution in [1.82, 2.24) is 0 Å². The van der Waals surface area contributed by atoms with Crippen molar-refractivity contribution in [2.24, 2.45) is 0 Å². The molecule has 1 heterocycles. The molecule has 0 saturated carbocycles. The van der Waals surface area contributed by atoms with Crippen molar-refractivity contribution in [2.45, 2.75) is 26.3 Å². The number of nitrogens with zero attached hydrogens (tertiary/aromatic N) is 1. The first-order valence-electron chi connectivity index (χ1n) is 9.46. The van der Waals surface area contributed by atoms with Crippen molar-refractivity contribution in [3.63, 3.8) is 0 Å². The second-order valence-corrected chi connectivity index (χ2v) is 7.07. The lowest BCUT2D eigenvalue weighted by atomic mass is 10.0. The zero-order valence-corrected chi connectivity index (χ0v) is 16.3. The Bertz CT molecular complexity index is 766. The van der Waals surface area contributed by atoms with Gasteiger partial charge in [-0.15, -0.1) is 0 Å². The van der Waals surface area contributed by atoms with Crippen LogP contribution in [0.1, 0.15) is 41.3 Å². The minimum atomic E-state index is -0.318. The normalized spacial score (nSPS) is 14.3. The molecule has 1 N–H and O–H groups in total. The van der Waals surface area contributed by atoms with E-state index >= 15 is 0 Å². The quantitative estimate of drug-likeness (QED) is 0.780. The fourth-order valence-corrected chi connectivity index (χ4v) is 3.22. The second-order valence-electron chi connectivity index (χ2n) is 7.07. The molecule has 0 aromatic heterocycles. The first kappa shape index (κ1) is 19.2. The molecule has 1 aliphatic heterocycles. The molecule has 144 valence electrons. The molecule has 2 aromatic rings. The summed E-state index contributed by atoms with van der Waals surface area (Å²) in [7, 11) is 1.42. The fourth-order valence-electron chi connectivity index (χ4n) is 3.22. The van der Waals surface area contributed by atoms with Crippen LogP contribution in [0, 0.1) is 0 Å². The van der Waals surface area contributed by atoms with Gasteiger partial charge in [-0.3, -0.25) is 0 Å². The number of benzene rings is 2. The van der Waals surface area contributed by atoms with Crippen LogP contribution in [-0.2, 0) is 16.0 Å². The van der Waals surface area contributed by atoms with Crippen LogP contribution in [-0.4, -0.2) is 39.4 Å². The largest absolute Gasteiger partial charge is 0.465 e. The number of methoxy groups -OCH3 is 1. The molecule has 0 bridgehead atoms. The van der Waals surface area contributed by atoms with E-state index < -0.39 is 0 Å². The van der Waals surface area contributed by atoms with Crippen molar-refractivity contribution in [2.75, 3.05) is 43.6 Å². The Morgan fingerprint density at radius 1 is 1.15 bits per heavy atom. The van der Waals surface area contributed by atoms with Gasteiger partial charge >= 0.3 is 5.97 Å². The third kappa shape index (κ3) is 4.80. The van der Waals surface area contributed by atoms with Crippen LogP contribution < -0.4 is 10.2 Å². The topological polar surface area (TPSA) is 50.8 Å². The molecule has 2 aromatic carbocycles. The predicted octanol–water partition coefficient (Wildman–Crippen LogP) is 4.05. The van der Waals surface area contributed by atoms with Crippen molar-refractivity contribution in [1.29, 1.82) is 0 Å². The standard InChI is InChI=1S/C22H28N2O3/c1-16(2)18-6-4-17(5-7-18)15-23-19-8-9-21(20(14-19)22(25)26-3)24-10-12-27-13-11-24/h4-9,14,16,23H,10-13,15H2,1-3H3. The number of morpholine rings is 1. The van der Waals surface area contributed by atoms with Crippen molar-refractivity contribution in [3.05, 3.63) is 59.2 Å². The first-order valence-corrected chi connectivity index (χ1v) is 9.46. The van der Waals surface area contributed by atoms with E-state index in [9.17, 15) is 4.79 Å². The van der Waals surface area contributed by atoms with Gasteiger partial charge in [0.1, 0.15) is 0 Å². The molecule has 0 spiro atoms. The van der Waals surface area contributed by atoms with Gasteiger partial charge in [0, 0.05) is 25.3 Å². The van der Waals surface area contributed by atoms with E-state index in [2.05, 4.69) is 48.3 Å². The van der Waals surface area contributed by atoms with Crippen LogP contribution in [0.4, 0.5) is 11.4 Å². The minimum Gasteiger partial charge on any atom is -0.465 e. The van der Waals surface area contributed by atoms with Crippen molar-refractivity contribution < 1.29 is 14.3 Å². The average Bonchev–Trinajstić information content (AvgIpc) is 2.72. The zero-order chi connectivity index (χ0) is 19.2. The summed E-state index contributed by atoms with van der Waals surface area (Å²) in [4.78, 5) is 14.5. The van der Waals surface area contributed by atoms with Gasteiger partial charge in [0.25, 0.3) is 0 Å². The van der Waals surface area contributed by atoms with E-state index in [0.717, 1.165) is 24.5 Å².